The maximum Gasteiger partial charge on any atom is 0.337 e. The van der Waals surface area contributed by atoms with Crippen molar-refractivity contribution in [1.82, 2.24) is 4.90 Å². The zero-order valence-corrected chi connectivity index (χ0v) is 16.7. The number of esters is 1. The maximum atomic E-state index is 11.8. The van der Waals surface area contributed by atoms with Gasteiger partial charge in [-0.3, -0.25) is 0 Å². The van der Waals surface area contributed by atoms with Crippen LogP contribution in [-0.4, -0.2) is 36.1 Å². The minimum atomic E-state index is -0.384. The highest BCUT2D eigenvalue weighted by molar-refractivity contribution is 7.78. The first-order valence-electron chi connectivity index (χ1n) is 8.86. The Morgan fingerprint density at radius 1 is 1.48 bits per heavy atom. The van der Waals surface area contributed by atoms with E-state index in [0.717, 1.165) is 24.2 Å². The largest absolute Gasteiger partial charge is 0.465 e. The summed E-state index contributed by atoms with van der Waals surface area (Å²) in [6, 6.07) is 6.22. The van der Waals surface area contributed by atoms with Gasteiger partial charge in [0.1, 0.15) is 0 Å². The van der Waals surface area contributed by atoms with Crippen LogP contribution in [0.1, 0.15) is 24.0 Å². The van der Waals surface area contributed by atoms with Gasteiger partial charge < -0.3 is 15.4 Å². The van der Waals surface area contributed by atoms with Crippen LogP contribution in [0, 0.1) is 6.92 Å². The lowest BCUT2D eigenvalue weighted by Crippen LogP contribution is -2.36. The van der Waals surface area contributed by atoms with Crippen LogP contribution >= 0.6 is 12.2 Å². The van der Waals surface area contributed by atoms with Gasteiger partial charge in [-0.1, -0.05) is 54.7 Å². The number of nitrogen functional groups attached to an aromatic ring is 1. The van der Waals surface area contributed by atoms with Crippen LogP contribution in [0.5, 0.6) is 0 Å². The number of carbonyl (C=O) groups is 1. The molecule has 0 amide bonds. The molecule has 0 aliphatic carbocycles. The molecule has 1 atom stereocenters. The van der Waals surface area contributed by atoms with Gasteiger partial charge in [0.05, 0.1) is 24.2 Å². The number of hydrogen-bond donors (Lipinski definition) is 1. The number of nitrogens with two attached hydrogens (primary N) is 1. The van der Waals surface area contributed by atoms with Crippen molar-refractivity contribution in [3.8, 4) is 0 Å². The third-order valence-electron chi connectivity index (χ3n) is 4.54. The fraction of sp³-hybridized carbons (Fsp3) is 0.273. The van der Waals surface area contributed by atoms with Crippen molar-refractivity contribution in [2.75, 3.05) is 19.4 Å². The zero-order valence-electron chi connectivity index (χ0n) is 15.9. The lowest BCUT2D eigenvalue weighted by atomic mass is 9.92. The summed E-state index contributed by atoms with van der Waals surface area (Å²) in [6.07, 6.45) is 10.8. The molecule has 1 heterocycles. The number of rotatable bonds is 7. The Labute approximate surface area is 166 Å². The van der Waals surface area contributed by atoms with Crippen LogP contribution in [0.2, 0.25) is 0 Å². The average molecular weight is 383 g/mol. The average Bonchev–Trinajstić information content (AvgIpc) is 2.68. The molecule has 27 heavy (non-hydrogen) atoms. The summed E-state index contributed by atoms with van der Waals surface area (Å²) in [4.78, 5) is 13.9. The molecule has 0 saturated carbocycles. The van der Waals surface area contributed by atoms with Gasteiger partial charge in [0.2, 0.25) is 0 Å². The van der Waals surface area contributed by atoms with E-state index in [4.69, 9.17) is 22.7 Å². The number of thiocarbonyl (C=S) groups is 1. The summed E-state index contributed by atoms with van der Waals surface area (Å²) in [7, 11) is 1.36. The molecule has 1 aromatic rings. The molecule has 1 aromatic carbocycles. The van der Waals surface area contributed by atoms with E-state index in [1.807, 2.05) is 18.2 Å². The van der Waals surface area contributed by atoms with Crippen LogP contribution in [0.4, 0.5) is 5.69 Å². The van der Waals surface area contributed by atoms with E-state index in [1.54, 1.807) is 23.7 Å². The third-order valence-corrected chi connectivity index (χ3v) is 4.81. The quantitative estimate of drug-likeness (QED) is 0.251. The molecule has 2 rings (SSSR count). The van der Waals surface area contributed by atoms with Gasteiger partial charge in [0.25, 0.3) is 0 Å². The number of anilines is 1. The van der Waals surface area contributed by atoms with Crippen molar-refractivity contribution >= 4 is 34.9 Å². The minimum Gasteiger partial charge on any atom is -0.465 e. The van der Waals surface area contributed by atoms with E-state index >= 15 is 0 Å². The highest BCUT2D eigenvalue weighted by Crippen LogP contribution is 2.30. The molecule has 0 radical (unpaired) electrons. The Balaban J connectivity index is 2.24. The van der Waals surface area contributed by atoms with Crippen molar-refractivity contribution < 1.29 is 9.53 Å². The smallest absolute Gasteiger partial charge is 0.337 e. The Hall–Kier alpha value is -2.66. The van der Waals surface area contributed by atoms with E-state index in [9.17, 15) is 4.79 Å². The summed E-state index contributed by atoms with van der Waals surface area (Å²) in [6.45, 7) is 6.54. The number of aryl methyl sites for hydroxylation is 1. The van der Waals surface area contributed by atoms with Crippen LogP contribution in [-0.2, 0) is 9.53 Å². The lowest BCUT2D eigenvalue weighted by Gasteiger charge is -2.32. The van der Waals surface area contributed by atoms with E-state index in [0.29, 0.717) is 12.0 Å². The summed E-state index contributed by atoms with van der Waals surface area (Å²) >= 11 is 5.18. The monoisotopic (exact) mass is 382 g/mol. The number of benzene rings is 1. The van der Waals surface area contributed by atoms with Crippen molar-refractivity contribution in [2.45, 2.75) is 25.8 Å². The Bertz CT molecular complexity index is 809. The van der Waals surface area contributed by atoms with Crippen LogP contribution in [0.15, 0.2) is 60.7 Å². The zero-order chi connectivity index (χ0) is 19.8. The highest BCUT2D eigenvalue weighted by Gasteiger charge is 2.20. The number of allylic oxidation sites excluding steroid dienone is 2. The summed E-state index contributed by atoms with van der Waals surface area (Å²) < 4.78 is 4.78. The fourth-order valence-electron chi connectivity index (χ4n) is 3.10. The summed E-state index contributed by atoms with van der Waals surface area (Å²) in [5.41, 5.74) is 12.7. The Morgan fingerprint density at radius 3 is 2.93 bits per heavy atom. The molecule has 1 unspecified atom stereocenters. The lowest BCUT2D eigenvalue weighted by molar-refractivity contribution is -0.135. The summed E-state index contributed by atoms with van der Waals surface area (Å²) in [5, 5.41) is 0. The second-order valence-electron chi connectivity index (χ2n) is 6.43. The second kappa shape index (κ2) is 9.88. The molecule has 4 nitrogen and oxygen atoms in total. The number of nitrogens with zero attached hydrogens (tertiary/aromatic N) is 1. The normalized spacial score (nSPS) is 17.6. The van der Waals surface area contributed by atoms with Crippen molar-refractivity contribution in [3.63, 3.8) is 0 Å². The van der Waals surface area contributed by atoms with E-state index in [1.165, 1.54) is 18.2 Å². The predicted octanol–water partition coefficient (Wildman–Crippen LogP) is 4.22. The SMILES string of the molecule is C=C/C=C(\C=C/CC1C=C(c2cc(C)ccc2N)CCN1C=S)C(=O)OC. The Morgan fingerprint density at radius 2 is 2.26 bits per heavy atom. The molecular weight excluding hydrogens is 356 g/mol. The van der Waals surface area contributed by atoms with Gasteiger partial charge in [0, 0.05) is 17.8 Å². The first-order valence-corrected chi connectivity index (χ1v) is 9.33. The predicted molar refractivity (Wildman–Crippen MR) is 116 cm³/mol. The topological polar surface area (TPSA) is 55.6 Å². The molecule has 142 valence electrons. The van der Waals surface area contributed by atoms with Gasteiger partial charge in [-0.05, 0) is 43.5 Å². The Kier molecular flexibility index (Phi) is 7.55. The standard InChI is InChI=1S/C22H26N2O2S/c1-4-6-17(22(25)26-3)7-5-8-19-14-18(11-12-24(19)15-27)20-13-16(2)9-10-21(20)23/h4-7,9-10,13-15,19H,1,8,11-12,23H2,2-3H3/b7-5-,17-6+. The first-order chi connectivity index (χ1) is 13.0. The molecule has 0 aromatic heterocycles. The van der Waals surface area contributed by atoms with Crippen molar-refractivity contribution in [1.29, 1.82) is 0 Å². The molecule has 0 saturated heterocycles. The first kappa shape index (κ1) is 20.6. The molecule has 0 bridgehead atoms. The van der Waals surface area contributed by atoms with Crippen molar-refractivity contribution in [2.24, 2.45) is 0 Å². The molecule has 1 aliphatic heterocycles. The third kappa shape index (κ3) is 5.41. The van der Waals surface area contributed by atoms with Crippen LogP contribution < -0.4 is 5.73 Å². The van der Waals surface area contributed by atoms with E-state index in [2.05, 4.69) is 30.5 Å². The molecule has 5 heteroatoms. The second-order valence-corrected chi connectivity index (χ2v) is 6.64. The number of carbonyl (C=O) groups excluding carboxylic acids is 1. The van der Waals surface area contributed by atoms with Gasteiger partial charge >= 0.3 is 5.97 Å². The molecule has 0 fully saturated rings. The minimum absolute atomic E-state index is 0.116. The molecule has 0 spiro atoms. The number of hydrogen-bond acceptors (Lipinski definition) is 4. The number of methoxy groups -OCH3 is 1. The van der Waals surface area contributed by atoms with E-state index < -0.39 is 0 Å². The molecule has 1 aliphatic rings. The molecular formula is C22H26N2O2S. The van der Waals surface area contributed by atoms with E-state index in [-0.39, 0.29) is 12.0 Å². The van der Waals surface area contributed by atoms with Gasteiger partial charge in [-0.15, -0.1) is 0 Å². The molecule has 2 N–H and O–H groups in total. The fourth-order valence-corrected chi connectivity index (χ4v) is 3.37. The number of ether oxygens (including phenoxy) is 1. The maximum absolute atomic E-state index is 11.8. The van der Waals surface area contributed by atoms with Gasteiger partial charge in [-0.25, -0.2) is 4.79 Å². The van der Waals surface area contributed by atoms with Crippen LogP contribution in [0.25, 0.3) is 5.57 Å². The van der Waals surface area contributed by atoms with Gasteiger partial charge in [0.15, 0.2) is 0 Å². The van der Waals surface area contributed by atoms with Crippen molar-refractivity contribution in [3.05, 3.63) is 71.9 Å². The highest BCUT2D eigenvalue weighted by atomic mass is 32.1. The van der Waals surface area contributed by atoms with Gasteiger partial charge in [-0.2, -0.15) is 0 Å². The summed E-state index contributed by atoms with van der Waals surface area (Å²) in [5.74, 6) is -0.384. The van der Waals surface area contributed by atoms with Crippen LogP contribution in [0.3, 0.4) is 0 Å².